The molecule has 0 atom stereocenters. The zero-order valence-corrected chi connectivity index (χ0v) is 16.7. The highest BCUT2D eigenvalue weighted by Gasteiger charge is 2.29. The molecule has 29 heavy (non-hydrogen) atoms. The van der Waals surface area contributed by atoms with Crippen molar-refractivity contribution in [3.8, 4) is 16.9 Å². The van der Waals surface area contributed by atoms with Crippen molar-refractivity contribution in [2.75, 3.05) is 0 Å². The number of hydrogen-bond acceptors (Lipinski definition) is 4. The van der Waals surface area contributed by atoms with Gasteiger partial charge in [-0.3, -0.25) is 9.89 Å². The summed E-state index contributed by atoms with van der Waals surface area (Å²) in [5.41, 5.74) is 2.53. The van der Waals surface area contributed by atoms with E-state index in [9.17, 15) is 13.2 Å². The highest BCUT2D eigenvalue weighted by atomic mass is 32.2. The van der Waals surface area contributed by atoms with Crippen molar-refractivity contribution >= 4 is 15.7 Å². The fraction of sp³-hybridized carbons (Fsp3) is 0.250. The Morgan fingerprint density at radius 1 is 1.24 bits per heavy atom. The van der Waals surface area contributed by atoms with Crippen molar-refractivity contribution in [1.82, 2.24) is 19.5 Å². The molecular formula is C20H19N5O3S. The van der Waals surface area contributed by atoms with E-state index in [4.69, 9.17) is 6.57 Å². The number of aryl methyl sites for hydroxylation is 2. The maximum absolute atomic E-state index is 13.0. The Kier molecular flexibility index (Phi) is 4.61. The van der Waals surface area contributed by atoms with Crippen LogP contribution in [0.3, 0.4) is 0 Å². The second kappa shape index (κ2) is 6.99. The van der Waals surface area contributed by atoms with Gasteiger partial charge >= 0.3 is 0 Å². The van der Waals surface area contributed by atoms with E-state index in [1.54, 1.807) is 44.2 Å². The molecule has 2 N–H and O–H groups in total. The Bertz CT molecular complexity index is 1290. The van der Waals surface area contributed by atoms with E-state index >= 15 is 0 Å². The molecule has 8 nitrogen and oxygen atoms in total. The van der Waals surface area contributed by atoms with Gasteiger partial charge < -0.3 is 0 Å². The predicted molar refractivity (Wildman–Crippen MR) is 109 cm³/mol. The van der Waals surface area contributed by atoms with Crippen molar-refractivity contribution in [2.45, 2.75) is 37.6 Å². The molecule has 148 valence electrons. The maximum atomic E-state index is 13.0. The highest BCUT2D eigenvalue weighted by molar-refractivity contribution is 7.89. The maximum Gasteiger partial charge on any atom is 0.280 e. The first-order valence-corrected chi connectivity index (χ1v) is 10.6. The second-order valence-electron chi connectivity index (χ2n) is 7.11. The number of benzene rings is 1. The lowest BCUT2D eigenvalue weighted by Gasteiger charge is -2.09. The topological polar surface area (TPSA) is 101 Å². The van der Waals surface area contributed by atoms with E-state index in [1.165, 1.54) is 10.9 Å². The van der Waals surface area contributed by atoms with Crippen LogP contribution >= 0.6 is 0 Å². The molecule has 0 spiro atoms. The third-order valence-electron chi connectivity index (χ3n) is 4.82. The van der Waals surface area contributed by atoms with Crippen LogP contribution in [-0.4, -0.2) is 29.2 Å². The monoisotopic (exact) mass is 409 g/mol. The highest BCUT2D eigenvalue weighted by Crippen LogP contribution is 2.25. The third-order valence-corrected chi connectivity index (χ3v) is 6.47. The molecule has 0 saturated heterocycles. The van der Waals surface area contributed by atoms with Gasteiger partial charge in [0.1, 0.15) is 4.90 Å². The average Bonchev–Trinajstić information content (AvgIpc) is 3.44. The van der Waals surface area contributed by atoms with E-state index in [0.717, 1.165) is 12.8 Å². The minimum atomic E-state index is -3.62. The van der Waals surface area contributed by atoms with Crippen LogP contribution in [0.4, 0.5) is 5.69 Å². The van der Waals surface area contributed by atoms with Crippen molar-refractivity contribution in [3.63, 3.8) is 0 Å². The lowest BCUT2D eigenvalue weighted by atomic mass is 10.1. The largest absolute Gasteiger partial charge is 0.293 e. The number of pyridine rings is 1. The van der Waals surface area contributed by atoms with Gasteiger partial charge in [-0.05, 0) is 43.9 Å². The van der Waals surface area contributed by atoms with Crippen LogP contribution in [-0.2, 0) is 10.0 Å². The van der Waals surface area contributed by atoms with Crippen LogP contribution in [0, 0.1) is 20.4 Å². The molecule has 2 aromatic heterocycles. The van der Waals surface area contributed by atoms with Crippen LogP contribution in [0.5, 0.6) is 0 Å². The minimum absolute atomic E-state index is 0.00421. The minimum Gasteiger partial charge on any atom is -0.293 e. The predicted octanol–water partition coefficient (Wildman–Crippen LogP) is 2.84. The fourth-order valence-corrected chi connectivity index (χ4v) is 4.64. The summed E-state index contributed by atoms with van der Waals surface area (Å²) in [5.74, 6) is 0.310. The van der Waals surface area contributed by atoms with Gasteiger partial charge in [-0.25, -0.2) is 27.7 Å². The first kappa shape index (κ1) is 19.1. The molecule has 9 heteroatoms. The van der Waals surface area contributed by atoms with Gasteiger partial charge in [0.05, 0.1) is 12.1 Å². The summed E-state index contributed by atoms with van der Waals surface area (Å²) in [6, 6.07) is 8.36. The van der Waals surface area contributed by atoms with Crippen LogP contribution in [0.15, 0.2) is 46.2 Å². The van der Waals surface area contributed by atoms with E-state index < -0.39 is 10.0 Å². The molecular weight excluding hydrogens is 390 g/mol. The Morgan fingerprint density at radius 3 is 2.52 bits per heavy atom. The molecule has 0 radical (unpaired) electrons. The molecule has 4 rings (SSSR count). The van der Waals surface area contributed by atoms with E-state index in [-0.39, 0.29) is 16.5 Å². The number of hydrogen-bond donors (Lipinski definition) is 2. The van der Waals surface area contributed by atoms with E-state index in [1.807, 2.05) is 0 Å². The first-order valence-electron chi connectivity index (χ1n) is 9.09. The van der Waals surface area contributed by atoms with Gasteiger partial charge in [-0.1, -0.05) is 24.3 Å². The van der Waals surface area contributed by atoms with Crippen molar-refractivity contribution < 1.29 is 8.42 Å². The van der Waals surface area contributed by atoms with Crippen molar-refractivity contribution in [3.05, 3.63) is 69.6 Å². The summed E-state index contributed by atoms with van der Waals surface area (Å²) in [6.07, 6.45) is 2.98. The van der Waals surface area contributed by atoms with Crippen molar-refractivity contribution in [2.24, 2.45) is 0 Å². The summed E-state index contributed by atoms with van der Waals surface area (Å²) < 4.78 is 28.9. The number of sulfonamides is 1. The van der Waals surface area contributed by atoms with Gasteiger partial charge in [0.2, 0.25) is 10.0 Å². The third kappa shape index (κ3) is 3.60. The zero-order chi connectivity index (χ0) is 20.8. The van der Waals surface area contributed by atoms with Crippen LogP contribution in [0.2, 0.25) is 0 Å². The number of nitrogens with one attached hydrogen (secondary N) is 2. The lowest BCUT2D eigenvalue weighted by molar-refractivity contribution is 0.580. The molecule has 0 unspecified atom stereocenters. The lowest BCUT2D eigenvalue weighted by Crippen LogP contribution is -2.27. The van der Waals surface area contributed by atoms with Gasteiger partial charge in [-0.2, -0.15) is 0 Å². The smallest absolute Gasteiger partial charge is 0.280 e. The van der Waals surface area contributed by atoms with Gasteiger partial charge in [0.15, 0.2) is 11.5 Å². The fourth-order valence-electron chi connectivity index (χ4n) is 3.17. The Morgan fingerprint density at radius 2 is 1.93 bits per heavy atom. The Labute approximate surface area is 168 Å². The normalized spacial score (nSPS) is 14.0. The second-order valence-corrected chi connectivity index (χ2v) is 8.80. The summed E-state index contributed by atoms with van der Waals surface area (Å²) in [6.45, 7) is 10.5. The molecule has 3 aromatic rings. The van der Waals surface area contributed by atoms with Crippen LogP contribution < -0.4 is 10.3 Å². The van der Waals surface area contributed by atoms with Crippen LogP contribution in [0.25, 0.3) is 21.8 Å². The zero-order valence-electron chi connectivity index (χ0n) is 15.9. The van der Waals surface area contributed by atoms with Crippen LogP contribution in [0.1, 0.15) is 24.1 Å². The number of H-pyrrole nitrogens is 1. The summed E-state index contributed by atoms with van der Waals surface area (Å²) in [4.78, 5) is 20.7. The molecule has 1 fully saturated rings. The molecule has 1 aliphatic rings. The molecule has 0 aliphatic heterocycles. The first-order chi connectivity index (χ1) is 13.8. The molecule has 2 heterocycles. The Balaban J connectivity index is 1.73. The van der Waals surface area contributed by atoms with E-state index in [0.29, 0.717) is 33.9 Å². The Hall–Kier alpha value is -3.22. The number of nitrogens with zero attached hydrogens (tertiary/aromatic N) is 3. The van der Waals surface area contributed by atoms with Gasteiger partial charge in [0.25, 0.3) is 5.56 Å². The molecule has 1 aromatic carbocycles. The summed E-state index contributed by atoms with van der Waals surface area (Å²) in [5, 5.41) is 3.00. The average molecular weight is 409 g/mol. The molecule has 1 aliphatic carbocycles. The molecule has 1 saturated carbocycles. The molecule has 0 amide bonds. The van der Waals surface area contributed by atoms with E-state index in [2.05, 4.69) is 19.6 Å². The standard InChI is InChI=1S/C20H19N5O3S/c1-12-10-18(22-11-17(12)29(27,28)24-16-8-9-16)25-20(26)19(13(2)23-25)14-4-6-15(21-3)7-5-14/h4-7,10-11,16,23-24H,8-9H2,1-2H3. The number of aromatic amines is 1. The van der Waals surface area contributed by atoms with Gasteiger partial charge in [0, 0.05) is 17.9 Å². The summed E-state index contributed by atoms with van der Waals surface area (Å²) in [7, 11) is -3.62. The van der Waals surface area contributed by atoms with Gasteiger partial charge in [-0.15, -0.1) is 0 Å². The number of rotatable bonds is 5. The summed E-state index contributed by atoms with van der Waals surface area (Å²) >= 11 is 0. The van der Waals surface area contributed by atoms with Crippen molar-refractivity contribution in [1.29, 1.82) is 0 Å². The number of aromatic nitrogens is 3. The quantitative estimate of drug-likeness (QED) is 0.633. The molecule has 0 bridgehead atoms. The SMILES string of the molecule is [C-]#[N+]c1ccc(-c2c(C)[nH]n(-c3cc(C)c(S(=O)(=O)NC4CC4)cn3)c2=O)cc1.